The summed E-state index contributed by atoms with van der Waals surface area (Å²) in [4.78, 5) is 16.8. The molecule has 0 saturated carbocycles. The summed E-state index contributed by atoms with van der Waals surface area (Å²) in [5.41, 5.74) is 8.10. The second-order valence-corrected chi connectivity index (χ2v) is 5.67. The summed E-state index contributed by atoms with van der Waals surface area (Å²) in [6.07, 6.45) is 4.90. The van der Waals surface area contributed by atoms with Gasteiger partial charge >= 0.3 is 0 Å². The molecule has 1 aromatic heterocycles. The van der Waals surface area contributed by atoms with Gasteiger partial charge in [-0.3, -0.25) is 4.79 Å². The van der Waals surface area contributed by atoms with Gasteiger partial charge in [-0.15, -0.1) is 0 Å². The molecule has 0 bridgehead atoms. The molecule has 3 N–H and O–H groups in total. The number of hydrogen-bond acceptors (Lipinski definition) is 4. The quantitative estimate of drug-likeness (QED) is 0.877. The first kappa shape index (κ1) is 14.6. The number of aryl methyl sites for hydroxylation is 1. The second kappa shape index (κ2) is 5.46. The van der Waals surface area contributed by atoms with Gasteiger partial charge in [0.15, 0.2) is 0 Å². The van der Waals surface area contributed by atoms with E-state index in [0.29, 0.717) is 13.0 Å². The van der Waals surface area contributed by atoms with Crippen molar-refractivity contribution in [1.29, 1.82) is 0 Å². The minimum atomic E-state index is -1.00. The van der Waals surface area contributed by atoms with Crippen LogP contribution in [-0.4, -0.2) is 22.6 Å². The van der Waals surface area contributed by atoms with Crippen molar-refractivity contribution in [2.24, 2.45) is 12.8 Å². The maximum Gasteiger partial charge on any atom is 0.245 e. The number of rotatable bonds is 4. The summed E-state index contributed by atoms with van der Waals surface area (Å²) in [7, 11) is 3.52. The van der Waals surface area contributed by atoms with E-state index in [1.807, 2.05) is 36.0 Å². The largest absolute Gasteiger partial charge is 0.496 e. The normalized spacial score (nSPS) is 19.8. The molecule has 116 valence electrons. The van der Waals surface area contributed by atoms with Gasteiger partial charge in [-0.1, -0.05) is 12.1 Å². The van der Waals surface area contributed by atoms with Crippen LogP contribution in [0.25, 0.3) is 0 Å². The number of carbonyl (C=O) groups is 1. The summed E-state index contributed by atoms with van der Waals surface area (Å²) >= 11 is 0. The van der Waals surface area contributed by atoms with Crippen LogP contribution in [0, 0.1) is 0 Å². The van der Waals surface area contributed by atoms with Crippen LogP contribution in [-0.2, 0) is 30.3 Å². The van der Waals surface area contributed by atoms with Crippen LogP contribution in [0.15, 0.2) is 30.7 Å². The van der Waals surface area contributed by atoms with E-state index in [4.69, 9.17) is 10.5 Å². The molecule has 0 fully saturated rings. The Bertz CT molecular complexity index is 710. The number of ether oxygens (including phenoxy) is 1. The molecule has 0 aliphatic heterocycles. The summed E-state index contributed by atoms with van der Waals surface area (Å²) < 4.78 is 7.20. The highest BCUT2D eigenvalue weighted by molar-refractivity contribution is 5.89. The fourth-order valence-electron chi connectivity index (χ4n) is 3.01. The van der Waals surface area contributed by atoms with E-state index in [0.717, 1.165) is 29.0 Å². The van der Waals surface area contributed by atoms with E-state index < -0.39 is 5.54 Å². The van der Waals surface area contributed by atoms with Crippen LogP contribution < -0.4 is 15.8 Å². The van der Waals surface area contributed by atoms with Crippen molar-refractivity contribution in [1.82, 2.24) is 14.9 Å². The van der Waals surface area contributed by atoms with Crippen molar-refractivity contribution in [3.05, 3.63) is 47.5 Å². The lowest BCUT2D eigenvalue weighted by Crippen LogP contribution is -2.49. The number of fused-ring (bicyclic) bond motifs is 1. The topological polar surface area (TPSA) is 82.2 Å². The van der Waals surface area contributed by atoms with Crippen molar-refractivity contribution in [2.75, 3.05) is 7.11 Å². The predicted molar refractivity (Wildman–Crippen MR) is 82.2 cm³/mol. The van der Waals surface area contributed by atoms with Gasteiger partial charge in [0.2, 0.25) is 5.91 Å². The van der Waals surface area contributed by atoms with Crippen LogP contribution in [0.5, 0.6) is 5.75 Å². The molecule has 22 heavy (non-hydrogen) atoms. The molecule has 6 nitrogen and oxygen atoms in total. The molecule has 1 atom stereocenters. The standard InChI is InChI=1S/C16H20N4O2/c1-20-9-11(19-10-20)8-18-15(21)16(17)7-6-12-13(16)4-3-5-14(12)22-2/h3-5,9-10H,6-8,17H2,1-2H3,(H,18,21). The highest BCUT2D eigenvalue weighted by atomic mass is 16.5. The van der Waals surface area contributed by atoms with E-state index in [2.05, 4.69) is 10.3 Å². The Morgan fingerprint density at radius 2 is 2.36 bits per heavy atom. The number of nitrogens with zero attached hydrogens (tertiary/aromatic N) is 2. The molecule has 1 aliphatic carbocycles. The third-order valence-electron chi connectivity index (χ3n) is 4.20. The lowest BCUT2D eigenvalue weighted by molar-refractivity contribution is -0.126. The summed E-state index contributed by atoms with van der Waals surface area (Å²) in [6.45, 7) is 0.373. The highest BCUT2D eigenvalue weighted by Gasteiger charge is 2.42. The summed E-state index contributed by atoms with van der Waals surface area (Å²) in [6, 6.07) is 5.68. The van der Waals surface area contributed by atoms with Crippen molar-refractivity contribution >= 4 is 5.91 Å². The Hall–Kier alpha value is -2.34. The van der Waals surface area contributed by atoms with Crippen LogP contribution >= 0.6 is 0 Å². The van der Waals surface area contributed by atoms with Gasteiger partial charge in [-0.05, 0) is 30.0 Å². The molecule has 0 radical (unpaired) electrons. The molecular weight excluding hydrogens is 280 g/mol. The maximum absolute atomic E-state index is 12.6. The van der Waals surface area contributed by atoms with E-state index in [1.165, 1.54) is 0 Å². The Kier molecular flexibility index (Phi) is 3.62. The Balaban J connectivity index is 1.79. The monoisotopic (exact) mass is 300 g/mol. The number of benzene rings is 1. The number of nitrogens with two attached hydrogens (primary N) is 1. The minimum Gasteiger partial charge on any atom is -0.496 e. The van der Waals surface area contributed by atoms with Gasteiger partial charge in [-0.25, -0.2) is 4.98 Å². The molecule has 2 aromatic rings. The number of amides is 1. The molecule has 3 rings (SSSR count). The lowest BCUT2D eigenvalue weighted by Gasteiger charge is -2.24. The summed E-state index contributed by atoms with van der Waals surface area (Å²) in [5, 5.41) is 2.89. The number of carbonyl (C=O) groups excluding carboxylic acids is 1. The van der Waals surface area contributed by atoms with Crippen LogP contribution in [0.4, 0.5) is 0 Å². The van der Waals surface area contributed by atoms with Crippen molar-refractivity contribution in [3.8, 4) is 5.75 Å². The number of hydrogen-bond donors (Lipinski definition) is 2. The number of imidazole rings is 1. The predicted octanol–water partition coefficient (Wildman–Crippen LogP) is 0.845. The van der Waals surface area contributed by atoms with Gasteiger partial charge in [0.25, 0.3) is 0 Å². The smallest absolute Gasteiger partial charge is 0.245 e. The third kappa shape index (κ3) is 2.35. The van der Waals surface area contributed by atoms with E-state index in [1.54, 1.807) is 13.4 Å². The zero-order chi connectivity index (χ0) is 15.7. The molecule has 1 amide bonds. The van der Waals surface area contributed by atoms with Crippen LogP contribution in [0.1, 0.15) is 23.2 Å². The van der Waals surface area contributed by atoms with Gasteiger partial charge < -0.3 is 20.4 Å². The van der Waals surface area contributed by atoms with E-state index >= 15 is 0 Å². The first-order valence-electron chi connectivity index (χ1n) is 7.25. The van der Waals surface area contributed by atoms with Crippen LogP contribution in [0.3, 0.4) is 0 Å². The maximum atomic E-state index is 12.6. The average Bonchev–Trinajstić information content (AvgIpc) is 3.09. The van der Waals surface area contributed by atoms with Gasteiger partial charge in [0.1, 0.15) is 11.3 Å². The van der Waals surface area contributed by atoms with E-state index in [9.17, 15) is 4.79 Å². The molecule has 1 unspecified atom stereocenters. The van der Waals surface area contributed by atoms with Gasteiger partial charge in [0, 0.05) is 13.2 Å². The molecule has 0 spiro atoms. The number of aromatic nitrogens is 2. The Morgan fingerprint density at radius 3 is 3.05 bits per heavy atom. The van der Waals surface area contributed by atoms with Crippen molar-refractivity contribution < 1.29 is 9.53 Å². The van der Waals surface area contributed by atoms with E-state index in [-0.39, 0.29) is 5.91 Å². The number of methoxy groups -OCH3 is 1. The van der Waals surface area contributed by atoms with Gasteiger partial charge in [0.05, 0.1) is 25.7 Å². The first-order valence-corrected chi connectivity index (χ1v) is 7.25. The van der Waals surface area contributed by atoms with Crippen molar-refractivity contribution in [2.45, 2.75) is 24.9 Å². The van der Waals surface area contributed by atoms with Crippen LogP contribution in [0.2, 0.25) is 0 Å². The molecule has 0 saturated heterocycles. The SMILES string of the molecule is COc1cccc2c1CCC2(N)C(=O)NCc1cn(C)cn1. The molecule has 6 heteroatoms. The number of nitrogens with one attached hydrogen (secondary N) is 1. The zero-order valence-corrected chi connectivity index (χ0v) is 12.8. The fourth-order valence-corrected chi connectivity index (χ4v) is 3.01. The Labute approximate surface area is 129 Å². The van der Waals surface area contributed by atoms with Gasteiger partial charge in [-0.2, -0.15) is 0 Å². The first-order chi connectivity index (χ1) is 10.5. The molecule has 1 heterocycles. The third-order valence-corrected chi connectivity index (χ3v) is 4.20. The second-order valence-electron chi connectivity index (χ2n) is 5.67. The highest BCUT2D eigenvalue weighted by Crippen LogP contribution is 2.39. The minimum absolute atomic E-state index is 0.176. The summed E-state index contributed by atoms with van der Waals surface area (Å²) in [5.74, 6) is 0.618. The zero-order valence-electron chi connectivity index (χ0n) is 12.8. The lowest BCUT2D eigenvalue weighted by atomic mass is 9.92. The fraction of sp³-hybridized carbons (Fsp3) is 0.375. The molecule has 1 aliphatic rings. The molecular formula is C16H20N4O2. The van der Waals surface area contributed by atoms with Crippen molar-refractivity contribution in [3.63, 3.8) is 0 Å². The average molecular weight is 300 g/mol. The Morgan fingerprint density at radius 1 is 1.55 bits per heavy atom. The molecule has 1 aromatic carbocycles.